The van der Waals surface area contributed by atoms with Crippen LogP contribution < -0.4 is 5.32 Å². The summed E-state index contributed by atoms with van der Waals surface area (Å²) in [6.07, 6.45) is 3.95. The normalized spacial score (nSPS) is 29.1. The number of amides is 2. The number of aromatic nitrogens is 3. The van der Waals surface area contributed by atoms with Crippen molar-refractivity contribution in [1.82, 2.24) is 25.0 Å². The molecule has 2 saturated carbocycles. The van der Waals surface area contributed by atoms with E-state index in [2.05, 4.69) is 15.4 Å². The number of halogens is 1. The van der Waals surface area contributed by atoms with E-state index in [0.29, 0.717) is 35.1 Å². The molecule has 3 fully saturated rings. The topological polar surface area (TPSA) is 97.2 Å². The van der Waals surface area contributed by atoms with Gasteiger partial charge in [0.05, 0.1) is 17.8 Å². The SMILES string of the molecule is Cc1cc2c(C=O)nn(CC(=O)N3[C@@H]4C[C@@H]4C[C@H]3C(=O)NC3CC3(F)c3ccccc3)c2cn1. The summed E-state index contributed by atoms with van der Waals surface area (Å²) >= 11 is 0. The number of carbonyl (C=O) groups is 3. The maximum Gasteiger partial charge on any atom is 0.245 e. The molecule has 0 radical (unpaired) electrons. The Labute approximate surface area is 195 Å². The molecule has 0 spiro atoms. The Bertz CT molecular complexity index is 1320. The highest BCUT2D eigenvalue weighted by molar-refractivity contribution is 5.96. The van der Waals surface area contributed by atoms with Gasteiger partial charge in [-0.3, -0.25) is 24.0 Å². The molecule has 2 amide bonds. The van der Waals surface area contributed by atoms with E-state index in [1.165, 1.54) is 4.68 Å². The first-order valence-electron chi connectivity index (χ1n) is 11.5. The molecule has 34 heavy (non-hydrogen) atoms. The van der Waals surface area contributed by atoms with Crippen molar-refractivity contribution in [2.24, 2.45) is 5.92 Å². The number of hydrogen-bond donors (Lipinski definition) is 1. The van der Waals surface area contributed by atoms with Gasteiger partial charge in [-0.1, -0.05) is 30.3 Å². The number of piperidine rings is 1. The quantitative estimate of drug-likeness (QED) is 0.568. The molecule has 5 atom stereocenters. The predicted octanol–water partition coefficient (Wildman–Crippen LogP) is 2.30. The lowest BCUT2D eigenvalue weighted by Crippen LogP contribution is -2.50. The molecule has 2 aromatic heterocycles. The Morgan fingerprint density at radius 2 is 2.06 bits per heavy atom. The molecule has 1 N–H and O–H groups in total. The molecule has 3 heterocycles. The summed E-state index contributed by atoms with van der Waals surface area (Å²) in [4.78, 5) is 43.8. The van der Waals surface area contributed by atoms with E-state index in [9.17, 15) is 14.4 Å². The third-order valence-corrected chi connectivity index (χ3v) is 7.36. The van der Waals surface area contributed by atoms with Crippen molar-refractivity contribution in [2.45, 2.75) is 56.5 Å². The molecule has 2 unspecified atom stereocenters. The van der Waals surface area contributed by atoms with Crippen molar-refractivity contribution in [3.05, 3.63) is 59.5 Å². The Morgan fingerprint density at radius 1 is 1.26 bits per heavy atom. The van der Waals surface area contributed by atoms with Crippen LogP contribution in [0, 0.1) is 12.8 Å². The Balaban J connectivity index is 1.19. The van der Waals surface area contributed by atoms with Gasteiger partial charge in [0.2, 0.25) is 11.8 Å². The largest absolute Gasteiger partial charge is 0.348 e. The molecule has 1 saturated heterocycles. The first-order chi connectivity index (χ1) is 16.4. The number of benzene rings is 1. The number of nitrogens with one attached hydrogen (secondary N) is 1. The van der Waals surface area contributed by atoms with Gasteiger partial charge in [-0.2, -0.15) is 5.10 Å². The van der Waals surface area contributed by atoms with Gasteiger partial charge in [0.25, 0.3) is 0 Å². The lowest BCUT2D eigenvalue weighted by molar-refractivity contribution is -0.140. The Kier molecular flexibility index (Phi) is 4.59. The van der Waals surface area contributed by atoms with Gasteiger partial charge < -0.3 is 10.2 Å². The van der Waals surface area contributed by atoms with Crippen LogP contribution in [0.4, 0.5) is 4.39 Å². The van der Waals surface area contributed by atoms with Crippen molar-refractivity contribution in [3.63, 3.8) is 0 Å². The second kappa shape index (κ2) is 7.44. The van der Waals surface area contributed by atoms with Crippen LogP contribution >= 0.6 is 0 Å². The maximum atomic E-state index is 15.2. The monoisotopic (exact) mass is 461 g/mol. The first kappa shape index (κ1) is 20.9. The zero-order valence-corrected chi connectivity index (χ0v) is 18.6. The number of fused-ring (bicyclic) bond motifs is 2. The molecule has 2 aliphatic carbocycles. The van der Waals surface area contributed by atoms with Crippen molar-refractivity contribution in [3.8, 4) is 0 Å². The van der Waals surface area contributed by atoms with Crippen LogP contribution in [0.2, 0.25) is 0 Å². The van der Waals surface area contributed by atoms with Gasteiger partial charge in [-0.25, -0.2) is 4.39 Å². The minimum Gasteiger partial charge on any atom is -0.348 e. The fourth-order valence-electron chi connectivity index (χ4n) is 5.37. The average Bonchev–Trinajstić information content (AvgIpc) is 3.66. The number of nitrogens with zero attached hydrogens (tertiary/aromatic N) is 4. The average molecular weight is 461 g/mol. The second-order valence-electron chi connectivity index (χ2n) is 9.61. The van der Waals surface area contributed by atoms with Crippen molar-refractivity contribution in [1.29, 1.82) is 0 Å². The molecule has 8 nitrogen and oxygen atoms in total. The highest BCUT2D eigenvalue weighted by Gasteiger charge is 2.60. The molecular weight excluding hydrogens is 437 g/mol. The van der Waals surface area contributed by atoms with E-state index in [1.807, 2.05) is 13.0 Å². The molecule has 3 aliphatic rings. The minimum absolute atomic E-state index is 0.0273. The summed E-state index contributed by atoms with van der Waals surface area (Å²) in [7, 11) is 0. The summed E-state index contributed by atoms with van der Waals surface area (Å²) in [6, 6.07) is 9.43. The number of aryl methyl sites for hydroxylation is 1. The van der Waals surface area contributed by atoms with Crippen molar-refractivity contribution < 1.29 is 18.8 Å². The Morgan fingerprint density at radius 3 is 2.82 bits per heavy atom. The highest BCUT2D eigenvalue weighted by Crippen LogP contribution is 2.51. The van der Waals surface area contributed by atoms with E-state index in [-0.39, 0.29) is 36.5 Å². The summed E-state index contributed by atoms with van der Waals surface area (Å²) < 4.78 is 16.7. The predicted molar refractivity (Wildman–Crippen MR) is 121 cm³/mol. The van der Waals surface area contributed by atoms with Crippen LogP contribution in [0.5, 0.6) is 0 Å². The highest BCUT2D eigenvalue weighted by atomic mass is 19.1. The molecule has 6 rings (SSSR count). The van der Waals surface area contributed by atoms with E-state index >= 15 is 4.39 Å². The van der Waals surface area contributed by atoms with Gasteiger partial charge in [0.1, 0.15) is 18.3 Å². The number of alkyl halides is 1. The van der Waals surface area contributed by atoms with Crippen molar-refractivity contribution in [2.75, 3.05) is 0 Å². The van der Waals surface area contributed by atoms with Gasteiger partial charge >= 0.3 is 0 Å². The summed E-state index contributed by atoms with van der Waals surface area (Å²) in [5.74, 6) is -0.248. The van der Waals surface area contributed by atoms with Crippen LogP contribution in [0.15, 0.2) is 42.6 Å². The number of carbonyl (C=O) groups excluding carboxylic acids is 3. The van der Waals surface area contributed by atoms with E-state index < -0.39 is 17.8 Å². The van der Waals surface area contributed by atoms with Crippen LogP contribution in [0.1, 0.15) is 41.0 Å². The molecule has 174 valence electrons. The zero-order valence-electron chi connectivity index (χ0n) is 18.6. The number of likely N-dealkylation sites (tertiary alicyclic amines) is 1. The number of hydrogen-bond acceptors (Lipinski definition) is 5. The minimum atomic E-state index is -1.56. The summed E-state index contributed by atoms with van der Waals surface area (Å²) in [5, 5.41) is 7.77. The van der Waals surface area contributed by atoms with Crippen LogP contribution in [0.3, 0.4) is 0 Å². The van der Waals surface area contributed by atoms with Gasteiger partial charge in [-0.05, 0) is 37.3 Å². The lowest BCUT2D eigenvalue weighted by Gasteiger charge is -2.27. The third-order valence-electron chi connectivity index (χ3n) is 7.36. The molecule has 0 bridgehead atoms. The van der Waals surface area contributed by atoms with E-state index in [1.54, 1.807) is 41.4 Å². The van der Waals surface area contributed by atoms with Crippen LogP contribution in [-0.4, -0.2) is 55.9 Å². The smallest absolute Gasteiger partial charge is 0.245 e. The first-order valence-corrected chi connectivity index (χ1v) is 11.5. The summed E-state index contributed by atoms with van der Waals surface area (Å²) in [5.41, 5.74) is 0.595. The Hall–Kier alpha value is -3.62. The van der Waals surface area contributed by atoms with Crippen molar-refractivity contribution >= 4 is 29.0 Å². The third kappa shape index (κ3) is 3.29. The fraction of sp³-hybridized carbons (Fsp3) is 0.400. The van der Waals surface area contributed by atoms with Crippen LogP contribution in [-0.2, 0) is 21.8 Å². The molecule has 3 aromatic rings. The number of aldehydes is 1. The zero-order chi connectivity index (χ0) is 23.6. The van der Waals surface area contributed by atoms with Gasteiger partial charge in [-0.15, -0.1) is 0 Å². The summed E-state index contributed by atoms with van der Waals surface area (Å²) in [6.45, 7) is 1.73. The van der Waals surface area contributed by atoms with Gasteiger partial charge in [0.15, 0.2) is 12.0 Å². The molecule has 9 heteroatoms. The second-order valence-corrected chi connectivity index (χ2v) is 9.61. The lowest BCUT2D eigenvalue weighted by atomic mass is 10.1. The fourth-order valence-corrected chi connectivity index (χ4v) is 5.37. The van der Waals surface area contributed by atoms with E-state index in [4.69, 9.17) is 0 Å². The number of rotatable bonds is 6. The van der Waals surface area contributed by atoms with Gasteiger partial charge in [0, 0.05) is 23.5 Å². The standard InChI is InChI=1S/C25H24FN5O3/c1-14-7-17-18(13-32)29-30(21(17)11-27-14)12-23(33)31-19-8-15(19)9-20(31)24(34)28-22-10-25(22,26)16-5-3-2-4-6-16/h2-7,11,13,15,19-20,22H,8-10,12H2,1H3,(H,28,34)/t15-,19-,20+,22?,25?/m1/s1. The molecular formula is C25H24FN5O3. The van der Waals surface area contributed by atoms with Crippen LogP contribution in [0.25, 0.3) is 10.9 Å². The number of pyridine rings is 1. The maximum absolute atomic E-state index is 15.2. The molecule has 1 aliphatic heterocycles. The van der Waals surface area contributed by atoms with E-state index in [0.717, 1.165) is 12.1 Å². The molecule has 1 aromatic carbocycles.